The van der Waals surface area contributed by atoms with Crippen molar-refractivity contribution in [3.63, 3.8) is 0 Å². The van der Waals surface area contributed by atoms with Crippen molar-refractivity contribution < 1.29 is 30.0 Å². The molecule has 1 fully saturated rings. The fraction of sp³-hybridized carbons (Fsp3) is 0.556. The second kappa shape index (κ2) is 13.8. The van der Waals surface area contributed by atoms with Crippen LogP contribution in [0.5, 0.6) is 0 Å². The quantitative estimate of drug-likeness (QED) is 0.594. The zero-order valence-corrected chi connectivity index (χ0v) is 13.9. The van der Waals surface area contributed by atoms with Crippen molar-refractivity contribution >= 4 is 12.1 Å². The average Bonchev–Trinajstić information content (AvgIpc) is 2.66. The van der Waals surface area contributed by atoms with Crippen LogP contribution in [0.4, 0.5) is 0 Å². The Balaban J connectivity index is 0.000000332. The van der Waals surface area contributed by atoms with Crippen LogP contribution in [0.1, 0.15) is 42.5 Å². The smallest absolute Gasteiger partial charge is 0.150 e. The maximum Gasteiger partial charge on any atom is 0.150 e. The van der Waals surface area contributed by atoms with Crippen molar-refractivity contribution in [3.05, 3.63) is 35.9 Å². The minimum atomic E-state index is -1.11. The van der Waals surface area contributed by atoms with Gasteiger partial charge in [0.25, 0.3) is 0 Å². The molecule has 136 valence electrons. The Hall–Kier alpha value is -1.60. The maximum atomic E-state index is 10.5. The largest absolute Gasteiger partial charge is 0.396 e. The van der Waals surface area contributed by atoms with Gasteiger partial charge in [0.05, 0.1) is 31.8 Å². The third-order valence-electron chi connectivity index (χ3n) is 3.69. The topological polar surface area (TPSA) is 115 Å². The normalized spacial score (nSPS) is 13.9. The van der Waals surface area contributed by atoms with Crippen molar-refractivity contribution in [1.29, 1.82) is 0 Å². The fourth-order valence-corrected chi connectivity index (χ4v) is 1.78. The van der Waals surface area contributed by atoms with E-state index in [0.717, 1.165) is 37.5 Å². The van der Waals surface area contributed by atoms with E-state index in [2.05, 4.69) is 0 Å². The number of aldehydes is 1. The summed E-state index contributed by atoms with van der Waals surface area (Å²) in [6, 6.07) is 9.10. The van der Waals surface area contributed by atoms with E-state index in [1.165, 1.54) is 6.42 Å². The Bertz CT molecular complexity index is 417. The molecule has 0 aromatic heterocycles. The minimum Gasteiger partial charge on any atom is -0.396 e. The molecule has 0 amide bonds. The summed E-state index contributed by atoms with van der Waals surface area (Å²) in [5.74, 6) is 0.464. The summed E-state index contributed by atoms with van der Waals surface area (Å²) in [4.78, 5) is 20.5. The van der Waals surface area contributed by atoms with E-state index in [1.807, 2.05) is 18.2 Å². The molecule has 1 aromatic carbocycles. The average molecular weight is 340 g/mol. The highest BCUT2D eigenvalue weighted by Crippen LogP contribution is 2.12. The molecule has 0 radical (unpaired) electrons. The van der Waals surface area contributed by atoms with Gasteiger partial charge in [-0.3, -0.25) is 9.59 Å². The van der Waals surface area contributed by atoms with Crippen molar-refractivity contribution in [2.45, 2.75) is 32.1 Å². The Kier molecular flexibility index (Phi) is 12.9. The summed E-state index contributed by atoms with van der Waals surface area (Å²) >= 11 is 0. The lowest BCUT2D eigenvalue weighted by atomic mass is 9.93. The van der Waals surface area contributed by atoms with E-state index in [0.29, 0.717) is 5.78 Å². The molecule has 0 bridgehead atoms. The van der Waals surface area contributed by atoms with Gasteiger partial charge >= 0.3 is 0 Å². The Labute approximate surface area is 142 Å². The SMILES string of the molecule is O=C1CCCCC1.O=Cc1ccccc1.OCC(CO)(CO)CO. The molecule has 0 spiro atoms. The molecule has 1 aliphatic rings. The van der Waals surface area contributed by atoms with Gasteiger partial charge in [0.15, 0.2) is 0 Å². The van der Waals surface area contributed by atoms with E-state index in [4.69, 9.17) is 20.4 Å². The number of aliphatic hydroxyl groups is 4. The molecule has 0 heterocycles. The molecule has 0 saturated heterocycles. The highest BCUT2D eigenvalue weighted by molar-refractivity contribution is 5.78. The number of rotatable bonds is 5. The first kappa shape index (κ1) is 22.4. The zero-order valence-electron chi connectivity index (χ0n) is 13.9. The van der Waals surface area contributed by atoms with Gasteiger partial charge in [0.2, 0.25) is 0 Å². The summed E-state index contributed by atoms with van der Waals surface area (Å²) in [6.07, 6.45) is 6.07. The summed E-state index contributed by atoms with van der Waals surface area (Å²) in [5.41, 5.74) is -0.382. The molecule has 24 heavy (non-hydrogen) atoms. The number of aliphatic hydroxyl groups excluding tert-OH is 4. The lowest BCUT2D eigenvalue weighted by Crippen LogP contribution is -2.37. The van der Waals surface area contributed by atoms with Gasteiger partial charge in [-0.05, 0) is 12.8 Å². The lowest BCUT2D eigenvalue weighted by molar-refractivity contribution is -0.120. The summed E-state index contributed by atoms with van der Waals surface area (Å²) in [6.45, 7) is -1.62. The Morgan fingerprint density at radius 3 is 1.50 bits per heavy atom. The van der Waals surface area contributed by atoms with Crippen LogP contribution in [0.25, 0.3) is 0 Å². The summed E-state index contributed by atoms with van der Waals surface area (Å²) < 4.78 is 0. The van der Waals surface area contributed by atoms with Gasteiger partial charge in [0.1, 0.15) is 12.1 Å². The predicted molar refractivity (Wildman–Crippen MR) is 90.7 cm³/mol. The number of benzene rings is 1. The molecule has 6 heteroatoms. The lowest BCUT2D eigenvalue weighted by Gasteiger charge is -2.23. The van der Waals surface area contributed by atoms with Crippen LogP contribution in [0.2, 0.25) is 0 Å². The predicted octanol–water partition coefficient (Wildman–Crippen LogP) is 0.961. The van der Waals surface area contributed by atoms with Crippen LogP contribution in [0.3, 0.4) is 0 Å². The molecule has 1 aromatic rings. The number of carbonyl (C=O) groups excluding carboxylic acids is 2. The van der Waals surface area contributed by atoms with Gasteiger partial charge in [0, 0.05) is 18.4 Å². The molecule has 4 N–H and O–H groups in total. The Morgan fingerprint density at radius 2 is 1.29 bits per heavy atom. The van der Waals surface area contributed by atoms with Crippen LogP contribution in [-0.2, 0) is 4.79 Å². The number of ketones is 1. The second-order valence-corrected chi connectivity index (χ2v) is 5.76. The Morgan fingerprint density at radius 1 is 0.833 bits per heavy atom. The van der Waals surface area contributed by atoms with Crippen molar-refractivity contribution in [3.8, 4) is 0 Å². The van der Waals surface area contributed by atoms with E-state index < -0.39 is 31.8 Å². The minimum absolute atomic E-state index is 0.406. The monoisotopic (exact) mass is 340 g/mol. The van der Waals surface area contributed by atoms with Gasteiger partial charge in [-0.1, -0.05) is 36.8 Å². The molecule has 0 aliphatic heterocycles. The zero-order chi connectivity index (χ0) is 18.3. The maximum absolute atomic E-state index is 10.5. The molecule has 6 nitrogen and oxygen atoms in total. The highest BCUT2D eigenvalue weighted by atomic mass is 16.3. The van der Waals surface area contributed by atoms with Crippen LogP contribution >= 0.6 is 0 Å². The first-order valence-corrected chi connectivity index (χ1v) is 8.03. The number of hydrogen-bond acceptors (Lipinski definition) is 6. The third-order valence-corrected chi connectivity index (χ3v) is 3.69. The van der Waals surface area contributed by atoms with Gasteiger partial charge in [-0.2, -0.15) is 0 Å². The number of hydrogen-bond donors (Lipinski definition) is 4. The van der Waals surface area contributed by atoms with Crippen molar-refractivity contribution in [2.24, 2.45) is 5.41 Å². The summed E-state index contributed by atoms with van der Waals surface area (Å²) in [7, 11) is 0. The number of Topliss-reactive ketones (excluding diaryl/α,β-unsaturated/α-hetero) is 1. The fourth-order valence-electron chi connectivity index (χ4n) is 1.78. The molecular formula is C18H28O6. The first-order valence-electron chi connectivity index (χ1n) is 8.03. The molecule has 0 unspecified atom stereocenters. The molecule has 1 saturated carbocycles. The van der Waals surface area contributed by atoms with Gasteiger partial charge in [-0.25, -0.2) is 0 Å². The molecule has 1 aliphatic carbocycles. The molecule has 0 atom stereocenters. The first-order chi connectivity index (χ1) is 11.6. The van der Waals surface area contributed by atoms with E-state index in [1.54, 1.807) is 12.1 Å². The standard InChI is InChI=1S/C7H6O.C6H10O.C5H12O4/c8-6-7-4-2-1-3-5-7;7-6-4-2-1-3-5-6;6-1-5(2-7,3-8)4-9/h1-6H;1-5H2;6-9H,1-4H2. The second-order valence-electron chi connectivity index (χ2n) is 5.76. The van der Waals surface area contributed by atoms with Crippen LogP contribution in [-0.4, -0.2) is 58.9 Å². The molecule has 2 rings (SSSR count). The molecular weight excluding hydrogens is 312 g/mol. The van der Waals surface area contributed by atoms with Gasteiger partial charge in [-0.15, -0.1) is 0 Å². The van der Waals surface area contributed by atoms with E-state index >= 15 is 0 Å². The van der Waals surface area contributed by atoms with Crippen LogP contribution in [0.15, 0.2) is 30.3 Å². The number of carbonyl (C=O) groups is 2. The van der Waals surface area contributed by atoms with Crippen molar-refractivity contribution in [1.82, 2.24) is 0 Å². The summed E-state index contributed by atoms with van der Waals surface area (Å²) in [5, 5.41) is 34.0. The van der Waals surface area contributed by atoms with Crippen molar-refractivity contribution in [2.75, 3.05) is 26.4 Å². The third kappa shape index (κ3) is 9.52. The van der Waals surface area contributed by atoms with Gasteiger partial charge < -0.3 is 20.4 Å². The van der Waals surface area contributed by atoms with E-state index in [9.17, 15) is 9.59 Å². The van der Waals surface area contributed by atoms with Crippen LogP contribution in [0, 0.1) is 5.41 Å². The van der Waals surface area contributed by atoms with E-state index in [-0.39, 0.29) is 0 Å². The highest BCUT2D eigenvalue weighted by Gasteiger charge is 2.26. The van der Waals surface area contributed by atoms with Crippen LogP contribution < -0.4 is 0 Å².